The predicted octanol–water partition coefficient (Wildman–Crippen LogP) is 3.00. The second kappa shape index (κ2) is 5.96. The van der Waals surface area contributed by atoms with Crippen LogP contribution in [0.1, 0.15) is 23.2 Å². The van der Waals surface area contributed by atoms with Gasteiger partial charge in [0.1, 0.15) is 5.82 Å². The van der Waals surface area contributed by atoms with Gasteiger partial charge >= 0.3 is 5.97 Å². The highest BCUT2D eigenvalue weighted by molar-refractivity contribution is 5.89. The summed E-state index contributed by atoms with van der Waals surface area (Å²) in [5.74, 6) is 1.29. The summed E-state index contributed by atoms with van der Waals surface area (Å²) in [5, 5.41) is 8.01. The van der Waals surface area contributed by atoms with Crippen LogP contribution in [0.3, 0.4) is 0 Å². The minimum absolute atomic E-state index is 0.343. The number of hydrogen-bond donors (Lipinski definition) is 1. The third-order valence-electron chi connectivity index (χ3n) is 4.23. The Morgan fingerprint density at radius 2 is 2.04 bits per heavy atom. The van der Waals surface area contributed by atoms with E-state index in [2.05, 4.69) is 15.4 Å². The number of benzene rings is 1. The van der Waals surface area contributed by atoms with Crippen LogP contribution >= 0.6 is 0 Å². The van der Waals surface area contributed by atoms with E-state index >= 15 is 0 Å². The molecular formula is C18H18N4O2. The Bertz CT molecular complexity index is 882. The smallest absolute Gasteiger partial charge is 0.337 e. The summed E-state index contributed by atoms with van der Waals surface area (Å²) in [7, 11) is 1.38. The lowest BCUT2D eigenvalue weighted by molar-refractivity contribution is 0.0601. The fourth-order valence-corrected chi connectivity index (χ4v) is 2.63. The van der Waals surface area contributed by atoms with Crippen molar-refractivity contribution in [3.63, 3.8) is 0 Å². The average molecular weight is 322 g/mol. The number of carbonyl (C=O) groups excluding carboxylic acids is 1. The van der Waals surface area contributed by atoms with Crippen LogP contribution in [-0.4, -0.2) is 34.2 Å². The highest BCUT2D eigenvalue weighted by Gasteiger charge is 2.20. The molecule has 1 aliphatic carbocycles. The Labute approximate surface area is 139 Å². The van der Waals surface area contributed by atoms with Crippen molar-refractivity contribution in [2.24, 2.45) is 5.92 Å². The fourth-order valence-electron chi connectivity index (χ4n) is 2.63. The molecule has 0 aliphatic heterocycles. The van der Waals surface area contributed by atoms with E-state index in [0.29, 0.717) is 5.56 Å². The first-order valence-corrected chi connectivity index (χ1v) is 8.02. The van der Waals surface area contributed by atoms with Gasteiger partial charge in [0, 0.05) is 12.1 Å². The van der Waals surface area contributed by atoms with Crippen molar-refractivity contribution in [2.45, 2.75) is 12.8 Å². The van der Waals surface area contributed by atoms with Crippen LogP contribution in [-0.2, 0) is 4.74 Å². The topological polar surface area (TPSA) is 68.5 Å². The van der Waals surface area contributed by atoms with E-state index in [1.165, 1.54) is 20.0 Å². The van der Waals surface area contributed by atoms with Crippen molar-refractivity contribution in [3.8, 4) is 11.3 Å². The minimum Gasteiger partial charge on any atom is -0.465 e. The Hall–Kier alpha value is -2.89. The van der Waals surface area contributed by atoms with E-state index in [4.69, 9.17) is 4.74 Å². The van der Waals surface area contributed by atoms with E-state index in [1.807, 2.05) is 28.8 Å². The molecule has 24 heavy (non-hydrogen) atoms. The largest absolute Gasteiger partial charge is 0.465 e. The number of carbonyl (C=O) groups is 1. The first-order chi connectivity index (χ1) is 11.7. The maximum absolute atomic E-state index is 11.5. The van der Waals surface area contributed by atoms with Crippen LogP contribution in [0.2, 0.25) is 0 Å². The second-order valence-electron chi connectivity index (χ2n) is 6.03. The highest BCUT2D eigenvalue weighted by Crippen LogP contribution is 2.29. The third-order valence-corrected chi connectivity index (χ3v) is 4.23. The van der Waals surface area contributed by atoms with E-state index < -0.39 is 0 Å². The van der Waals surface area contributed by atoms with Gasteiger partial charge in [0.05, 0.1) is 24.6 Å². The van der Waals surface area contributed by atoms with E-state index in [9.17, 15) is 4.79 Å². The molecule has 6 nitrogen and oxygen atoms in total. The number of nitrogens with zero attached hydrogens (tertiary/aromatic N) is 3. The molecule has 0 spiro atoms. The zero-order valence-electron chi connectivity index (χ0n) is 13.4. The molecule has 1 N–H and O–H groups in total. The van der Waals surface area contributed by atoms with E-state index in [-0.39, 0.29) is 5.97 Å². The summed E-state index contributed by atoms with van der Waals surface area (Å²) in [6.07, 6.45) is 4.40. The zero-order chi connectivity index (χ0) is 16.5. The minimum atomic E-state index is -0.343. The molecule has 1 saturated carbocycles. The standard InChI is InChI=1S/C18H18N4O2/c1-24-18(23)14-6-4-13(5-7-14)15-11-20-17-9-8-16(21-22(15)17)19-10-12-2-3-12/h4-9,11-12H,2-3,10H2,1H3,(H,19,21). The highest BCUT2D eigenvalue weighted by atomic mass is 16.5. The van der Waals surface area contributed by atoms with Gasteiger partial charge in [-0.05, 0) is 43.0 Å². The van der Waals surface area contributed by atoms with Crippen LogP contribution in [0.15, 0.2) is 42.6 Å². The van der Waals surface area contributed by atoms with Crippen molar-refractivity contribution < 1.29 is 9.53 Å². The number of ether oxygens (including phenoxy) is 1. The number of hydrogen-bond acceptors (Lipinski definition) is 5. The molecule has 0 saturated heterocycles. The maximum atomic E-state index is 11.5. The summed E-state index contributed by atoms with van der Waals surface area (Å²) < 4.78 is 6.55. The quantitative estimate of drug-likeness (QED) is 0.731. The number of aromatic nitrogens is 3. The van der Waals surface area contributed by atoms with Crippen LogP contribution in [0, 0.1) is 5.92 Å². The van der Waals surface area contributed by atoms with Crippen LogP contribution in [0.4, 0.5) is 5.82 Å². The molecule has 2 aromatic heterocycles. The maximum Gasteiger partial charge on any atom is 0.337 e. The van der Waals surface area contributed by atoms with Crippen LogP contribution in [0.25, 0.3) is 16.9 Å². The zero-order valence-corrected chi connectivity index (χ0v) is 13.4. The van der Waals surface area contributed by atoms with Crippen molar-refractivity contribution in [1.29, 1.82) is 0 Å². The molecule has 0 amide bonds. The lowest BCUT2D eigenvalue weighted by Crippen LogP contribution is -2.07. The normalized spacial score (nSPS) is 13.9. The molecule has 0 bridgehead atoms. The first kappa shape index (κ1) is 14.7. The summed E-state index contributed by atoms with van der Waals surface area (Å²) in [4.78, 5) is 15.9. The molecule has 0 unspecified atom stereocenters. The molecule has 0 atom stereocenters. The van der Waals surface area contributed by atoms with Gasteiger partial charge in [0.25, 0.3) is 0 Å². The lowest BCUT2D eigenvalue weighted by atomic mass is 10.1. The molecule has 0 radical (unpaired) electrons. The van der Waals surface area contributed by atoms with Crippen molar-refractivity contribution >= 4 is 17.4 Å². The fraction of sp³-hybridized carbons (Fsp3) is 0.278. The SMILES string of the molecule is COC(=O)c1ccc(-c2cnc3ccc(NCC4CC4)nn23)cc1. The summed E-state index contributed by atoms with van der Waals surface area (Å²) in [6.45, 7) is 0.969. The van der Waals surface area contributed by atoms with Gasteiger partial charge in [-0.1, -0.05) is 12.1 Å². The summed E-state index contributed by atoms with van der Waals surface area (Å²) in [5.41, 5.74) is 3.15. The van der Waals surface area contributed by atoms with Gasteiger partial charge in [-0.15, -0.1) is 5.10 Å². The Kier molecular flexibility index (Phi) is 3.65. The van der Waals surface area contributed by atoms with Gasteiger partial charge < -0.3 is 10.1 Å². The number of fused-ring (bicyclic) bond motifs is 1. The Morgan fingerprint density at radius 3 is 2.75 bits per heavy atom. The molecule has 122 valence electrons. The Balaban J connectivity index is 1.64. The number of esters is 1. The molecule has 1 aromatic carbocycles. The molecule has 2 heterocycles. The number of methoxy groups -OCH3 is 1. The molecule has 3 aromatic rings. The molecule has 6 heteroatoms. The van der Waals surface area contributed by atoms with Gasteiger partial charge in [0.15, 0.2) is 5.65 Å². The number of anilines is 1. The molecular weight excluding hydrogens is 304 g/mol. The number of nitrogens with one attached hydrogen (secondary N) is 1. The average Bonchev–Trinajstić information content (AvgIpc) is 3.37. The predicted molar refractivity (Wildman–Crippen MR) is 91.0 cm³/mol. The van der Waals surface area contributed by atoms with E-state index in [0.717, 1.165) is 35.2 Å². The lowest BCUT2D eigenvalue weighted by Gasteiger charge is -2.07. The summed E-state index contributed by atoms with van der Waals surface area (Å²) in [6, 6.07) is 11.2. The molecule has 4 rings (SSSR count). The van der Waals surface area contributed by atoms with Gasteiger partial charge in [-0.25, -0.2) is 14.3 Å². The number of rotatable bonds is 5. The van der Waals surface area contributed by atoms with Crippen LogP contribution < -0.4 is 5.32 Å². The molecule has 1 aliphatic rings. The van der Waals surface area contributed by atoms with Crippen molar-refractivity contribution in [2.75, 3.05) is 19.0 Å². The summed E-state index contributed by atoms with van der Waals surface area (Å²) >= 11 is 0. The van der Waals surface area contributed by atoms with Crippen molar-refractivity contribution in [3.05, 3.63) is 48.2 Å². The van der Waals surface area contributed by atoms with E-state index in [1.54, 1.807) is 18.3 Å². The van der Waals surface area contributed by atoms with Crippen molar-refractivity contribution in [1.82, 2.24) is 14.6 Å². The Morgan fingerprint density at radius 1 is 1.25 bits per heavy atom. The van der Waals surface area contributed by atoms with Gasteiger partial charge in [-0.3, -0.25) is 0 Å². The van der Waals surface area contributed by atoms with Crippen LogP contribution in [0.5, 0.6) is 0 Å². The number of imidazole rings is 1. The second-order valence-corrected chi connectivity index (χ2v) is 6.03. The third kappa shape index (κ3) is 2.82. The van der Waals surface area contributed by atoms with Gasteiger partial charge in [0.2, 0.25) is 0 Å². The first-order valence-electron chi connectivity index (χ1n) is 8.02. The van der Waals surface area contributed by atoms with Gasteiger partial charge in [-0.2, -0.15) is 0 Å². The monoisotopic (exact) mass is 322 g/mol. The molecule has 1 fully saturated rings.